The summed E-state index contributed by atoms with van der Waals surface area (Å²) in [5.41, 5.74) is 8.46. The lowest BCUT2D eigenvalue weighted by molar-refractivity contribution is 0.717. The van der Waals surface area contributed by atoms with Gasteiger partial charge in [-0.25, -0.2) is 4.98 Å². The van der Waals surface area contributed by atoms with Crippen molar-refractivity contribution in [1.29, 1.82) is 0 Å². The highest BCUT2D eigenvalue weighted by atomic mass is 35.5. The van der Waals surface area contributed by atoms with Crippen molar-refractivity contribution in [1.82, 2.24) is 9.55 Å². The Hall–Kier alpha value is -1.03. The second kappa shape index (κ2) is 6.64. The van der Waals surface area contributed by atoms with Crippen LogP contribution in [0.15, 0.2) is 36.7 Å². The number of imidazole rings is 1. The number of nitrogens with two attached hydrogens (primary N) is 1. The maximum absolute atomic E-state index is 6.13. The molecule has 1 atom stereocenters. The molecule has 5 heteroatoms. The molecule has 94 valence electrons. The molecule has 2 aromatic rings. The largest absolute Gasteiger partial charge is 0.336 e. The van der Waals surface area contributed by atoms with E-state index in [0.29, 0.717) is 0 Å². The highest BCUT2D eigenvalue weighted by Crippen LogP contribution is 2.17. The van der Waals surface area contributed by atoms with Crippen LogP contribution in [0.25, 0.3) is 0 Å². The molecule has 0 fully saturated rings. The molecule has 0 bridgehead atoms. The van der Waals surface area contributed by atoms with Crippen molar-refractivity contribution < 1.29 is 0 Å². The number of hydrogen-bond donors (Lipinski definition) is 1. The summed E-state index contributed by atoms with van der Waals surface area (Å²) < 4.78 is 1.95. The fourth-order valence-corrected chi connectivity index (χ4v) is 1.60. The third-order valence-corrected chi connectivity index (χ3v) is 2.57. The van der Waals surface area contributed by atoms with Gasteiger partial charge in [-0.15, -0.1) is 24.8 Å². The van der Waals surface area contributed by atoms with Gasteiger partial charge < -0.3 is 10.3 Å². The molecule has 1 aromatic heterocycles. The Balaban J connectivity index is 0.00000128. The molecule has 0 aliphatic rings. The normalized spacial score (nSPS) is 11.2. The third kappa shape index (κ3) is 3.46. The molecule has 0 spiro atoms. The maximum Gasteiger partial charge on any atom is 0.129 e. The molecular formula is C12H17Cl2N3. The van der Waals surface area contributed by atoms with Gasteiger partial charge in [-0.1, -0.05) is 29.8 Å². The molecule has 0 aliphatic heterocycles. The van der Waals surface area contributed by atoms with E-state index in [1.807, 2.05) is 17.8 Å². The van der Waals surface area contributed by atoms with Crippen molar-refractivity contribution in [3.05, 3.63) is 53.6 Å². The monoisotopic (exact) mass is 273 g/mol. The third-order valence-electron chi connectivity index (χ3n) is 2.57. The van der Waals surface area contributed by atoms with Crippen molar-refractivity contribution in [2.24, 2.45) is 12.8 Å². The molecule has 2 N–H and O–H groups in total. The van der Waals surface area contributed by atoms with Gasteiger partial charge in [-0.05, 0) is 12.5 Å². The van der Waals surface area contributed by atoms with Crippen LogP contribution in [-0.4, -0.2) is 9.55 Å². The predicted molar refractivity (Wildman–Crippen MR) is 74.9 cm³/mol. The van der Waals surface area contributed by atoms with Crippen LogP contribution >= 0.6 is 24.8 Å². The van der Waals surface area contributed by atoms with Gasteiger partial charge in [0.15, 0.2) is 0 Å². The average molecular weight is 274 g/mol. The van der Waals surface area contributed by atoms with Gasteiger partial charge in [0.1, 0.15) is 5.82 Å². The van der Waals surface area contributed by atoms with Crippen LogP contribution in [0.2, 0.25) is 0 Å². The van der Waals surface area contributed by atoms with Gasteiger partial charge in [0.25, 0.3) is 0 Å². The Kier molecular flexibility index (Phi) is 6.24. The summed E-state index contributed by atoms with van der Waals surface area (Å²) in [5.74, 6) is 0.888. The van der Waals surface area contributed by atoms with E-state index in [1.54, 1.807) is 6.20 Å². The molecule has 0 saturated heterocycles. The first-order valence-electron chi connectivity index (χ1n) is 4.98. The quantitative estimate of drug-likeness (QED) is 0.914. The van der Waals surface area contributed by atoms with Crippen LogP contribution in [0.5, 0.6) is 0 Å². The lowest BCUT2D eigenvalue weighted by Crippen LogP contribution is -2.16. The van der Waals surface area contributed by atoms with E-state index in [2.05, 4.69) is 36.2 Å². The highest BCUT2D eigenvalue weighted by Gasteiger charge is 2.12. The van der Waals surface area contributed by atoms with Crippen molar-refractivity contribution in [3.63, 3.8) is 0 Å². The summed E-state index contributed by atoms with van der Waals surface area (Å²) in [5, 5.41) is 0. The van der Waals surface area contributed by atoms with E-state index in [9.17, 15) is 0 Å². The first-order valence-corrected chi connectivity index (χ1v) is 4.98. The van der Waals surface area contributed by atoms with Gasteiger partial charge in [0.2, 0.25) is 0 Å². The summed E-state index contributed by atoms with van der Waals surface area (Å²) in [4.78, 5) is 4.25. The van der Waals surface area contributed by atoms with E-state index in [0.717, 1.165) is 11.4 Å². The SMILES string of the molecule is Cc1ccc(C(N)c2nccn2C)cc1.Cl.Cl. The summed E-state index contributed by atoms with van der Waals surface area (Å²) in [6, 6.07) is 8.09. The number of nitrogens with zero attached hydrogens (tertiary/aromatic N) is 2. The fraction of sp³-hybridized carbons (Fsp3) is 0.250. The lowest BCUT2D eigenvalue weighted by atomic mass is 10.1. The van der Waals surface area contributed by atoms with E-state index in [-0.39, 0.29) is 30.9 Å². The zero-order valence-corrected chi connectivity index (χ0v) is 11.5. The van der Waals surface area contributed by atoms with Gasteiger partial charge in [-0.2, -0.15) is 0 Å². The van der Waals surface area contributed by atoms with E-state index < -0.39 is 0 Å². The molecule has 1 unspecified atom stereocenters. The van der Waals surface area contributed by atoms with Crippen LogP contribution in [-0.2, 0) is 7.05 Å². The molecular weight excluding hydrogens is 257 g/mol. The van der Waals surface area contributed by atoms with Gasteiger partial charge in [0, 0.05) is 19.4 Å². The van der Waals surface area contributed by atoms with E-state index in [4.69, 9.17) is 5.73 Å². The second-order valence-corrected chi connectivity index (χ2v) is 3.78. The Labute approximate surface area is 114 Å². The van der Waals surface area contributed by atoms with E-state index in [1.165, 1.54) is 5.56 Å². The van der Waals surface area contributed by atoms with Crippen molar-refractivity contribution in [3.8, 4) is 0 Å². The first kappa shape index (κ1) is 16.0. The van der Waals surface area contributed by atoms with Gasteiger partial charge >= 0.3 is 0 Å². The molecule has 0 saturated carbocycles. The van der Waals surface area contributed by atoms with Crippen LogP contribution < -0.4 is 5.73 Å². The Bertz CT molecular complexity index is 451. The predicted octanol–water partition coefficient (Wildman–Crippen LogP) is 2.62. The maximum atomic E-state index is 6.13. The van der Waals surface area contributed by atoms with Gasteiger partial charge in [0.05, 0.1) is 6.04 Å². The molecule has 17 heavy (non-hydrogen) atoms. The fourth-order valence-electron chi connectivity index (χ4n) is 1.60. The molecule has 0 aliphatic carbocycles. The number of aromatic nitrogens is 2. The minimum Gasteiger partial charge on any atom is -0.336 e. The number of benzene rings is 1. The summed E-state index contributed by atoms with van der Waals surface area (Å²) >= 11 is 0. The summed E-state index contributed by atoms with van der Waals surface area (Å²) in [6.07, 6.45) is 3.67. The zero-order chi connectivity index (χ0) is 10.8. The van der Waals surface area contributed by atoms with Crippen LogP contribution in [0, 0.1) is 6.92 Å². The molecule has 1 heterocycles. The second-order valence-electron chi connectivity index (χ2n) is 3.78. The molecule has 0 amide bonds. The molecule has 3 nitrogen and oxygen atoms in total. The molecule has 2 rings (SSSR count). The van der Waals surface area contributed by atoms with Crippen LogP contribution in [0.4, 0.5) is 0 Å². The first-order chi connectivity index (χ1) is 7.18. The van der Waals surface area contributed by atoms with Crippen molar-refractivity contribution >= 4 is 24.8 Å². The number of hydrogen-bond acceptors (Lipinski definition) is 2. The standard InChI is InChI=1S/C12H15N3.2ClH/c1-9-3-5-10(6-4-9)11(13)12-14-7-8-15(12)2;;/h3-8,11H,13H2,1-2H3;2*1H. The molecule has 0 radical (unpaired) electrons. The minimum atomic E-state index is -0.148. The van der Waals surface area contributed by atoms with Crippen LogP contribution in [0.3, 0.4) is 0 Å². The Morgan fingerprint density at radius 1 is 1.18 bits per heavy atom. The molecule has 1 aromatic carbocycles. The smallest absolute Gasteiger partial charge is 0.129 e. The summed E-state index contributed by atoms with van der Waals surface area (Å²) in [7, 11) is 1.95. The van der Waals surface area contributed by atoms with Gasteiger partial charge in [-0.3, -0.25) is 0 Å². The Morgan fingerprint density at radius 3 is 2.24 bits per heavy atom. The van der Waals surface area contributed by atoms with E-state index >= 15 is 0 Å². The number of aryl methyl sites for hydroxylation is 2. The minimum absolute atomic E-state index is 0. The van der Waals surface area contributed by atoms with Crippen LogP contribution in [0.1, 0.15) is 23.0 Å². The highest BCUT2D eigenvalue weighted by molar-refractivity contribution is 5.85. The summed E-state index contributed by atoms with van der Waals surface area (Å²) in [6.45, 7) is 2.07. The number of rotatable bonds is 2. The Morgan fingerprint density at radius 2 is 1.76 bits per heavy atom. The lowest BCUT2D eigenvalue weighted by Gasteiger charge is -2.11. The van der Waals surface area contributed by atoms with Crippen molar-refractivity contribution in [2.75, 3.05) is 0 Å². The topological polar surface area (TPSA) is 43.8 Å². The zero-order valence-electron chi connectivity index (χ0n) is 9.83. The average Bonchev–Trinajstić information content (AvgIpc) is 2.65. The number of halogens is 2. The van der Waals surface area contributed by atoms with Crippen molar-refractivity contribution in [2.45, 2.75) is 13.0 Å².